The minimum Gasteiger partial charge on any atom is -0.300 e. The van der Waals surface area contributed by atoms with Crippen LogP contribution in [0.3, 0.4) is 0 Å². The molecule has 128 valence electrons. The van der Waals surface area contributed by atoms with Crippen molar-refractivity contribution in [2.75, 3.05) is 58.9 Å². The van der Waals surface area contributed by atoms with Gasteiger partial charge in [-0.05, 0) is 46.6 Å². The van der Waals surface area contributed by atoms with Crippen LogP contribution in [-0.4, -0.2) is 96.6 Å². The number of fused-ring (bicyclic) bond motifs is 1. The molecule has 4 nitrogen and oxygen atoms in total. The largest absolute Gasteiger partial charge is 0.300 e. The molecule has 3 fully saturated rings. The van der Waals surface area contributed by atoms with Crippen LogP contribution in [0, 0.1) is 5.92 Å². The summed E-state index contributed by atoms with van der Waals surface area (Å²) < 4.78 is 0. The first-order chi connectivity index (χ1) is 10.5. The Kier molecular flexibility index (Phi) is 5.43. The Morgan fingerprint density at radius 3 is 2.09 bits per heavy atom. The second-order valence-corrected chi connectivity index (χ2v) is 8.18. The van der Waals surface area contributed by atoms with Crippen molar-refractivity contribution in [2.24, 2.45) is 5.92 Å². The fraction of sp³-hybridized carbons (Fsp3) is 1.00. The van der Waals surface area contributed by atoms with Gasteiger partial charge in [-0.3, -0.25) is 14.7 Å². The van der Waals surface area contributed by atoms with Crippen LogP contribution in [0.4, 0.5) is 0 Å². The van der Waals surface area contributed by atoms with Crippen LogP contribution in [0.25, 0.3) is 0 Å². The Balaban J connectivity index is 1.39. The second-order valence-electron chi connectivity index (χ2n) is 8.18. The Labute approximate surface area is 137 Å². The average molecular weight is 309 g/mol. The highest BCUT2D eigenvalue weighted by Crippen LogP contribution is 2.32. The van der Waals surface area contributed by atoms with Crippen LogP contribution in [0.1, 0.15) is 34.1 Å². The molecule has 0 bridgehead atoms. The molecule has 3 rings (SSSR count). The molecule has 0 spiro atoms. The zero-order valence-electron chi connectivity index (χ0n) is 15.2. The lowest BCUT2D eigenvalue weighted by atomic mass is 10.0. The first-order valence-electron chi connectivity index (χ1n) is 9.49. The molecule has 3 heterocycles. The van der Waals surface area contributed by atoms with E-state index in [1.807, 2.05) is 0 Å². The van der Waals surface area contributed by atoms with E-state index in [0.717, 1.165) is 18.0 Å². The Morgan fingerprint density at radius 2 is 1.45 bits per heavy atom. The van der Waals surface area contributed by atoms with Crippen molar-refractivity contribution in [1.82, 2.24) is 19.6 Å². The third kappa shape index (κ3) is 3.66. The molecule has 0 saturated carbocycles. The predicted octanol–water partition coefficient (Wildman–Crippen LogP) is 1.43. The number of hydrogen-bond donors (Lipinski definition) is 0. The van der Waals surface area contributed by atoms with E-state index in [2.05, 4.69) is 47.3 Å². The van der Waals surface area contributed by atoms with Gasteiger partial charge in [-0.2, -0.15) is 0 Å². The Bertz CT molecular complexity index is 349. The highest BCUT2D eigenvalue weighted by molar-refractivity contribution is 4.97. The van der Waals surface area contributed by atoms with Crippen molar-refractivity contribution < 1.29 is 0 Å². The second kappa shape index (κ2) is 7.16. The van der Waals surface area contributed by atoms with Crippen molar-refractivity contribution in [1.29, 1.82) is 0 Å². The normalized spacial score (nSPS) is 32.5. The van der Waals surface area contributed by atoms with Gasteiger partial charge in [0.2, 0.25) is 0 Å². The van der Waals surface area contributed by atoms with E-state index in [0.29, 0.717) is 6.04 Å². The fourth-order valence-electron chi connectivity index (χ4n) is 4.69. The Morgan fingerprint density at radius 1 is 0.773 bits per heavy atom. The number of nitrogens with zero attached hydrogens (tertiary/aromatic N) is 4. The van der Waals surface area contributed by atoms with E-state index in [4.69, 9.17) is 0 Å². The lowest BCUT2D eigenvalue weighted by Crippen LogP contribution is -2.50. The smallest absolute Gasteiger partial charge is 0.0266 e. The van der Waals surface area contributed by atoms with Crippen molar-refractivity contribution in [3.8, 4) is 0 Å². The fourth-order valence-corrected chi connectivity index (χ4v) is 4.69. The maximum absolute atomic E-state index is 2.74. The minimum absolute atomic E-state index is 0.710. The summed E-state index contributed by atoms with van der Waals surface area (Å²) in [5.41, 5.74) is 0. The maximum Gasteiger partial charge on any atom is 0.0266 e. The lowest BCUT2D eigenvalue weighted by molar-refractivity contribution is 0.0989. The van der Waals surface area contributed by atoms with Crippen molar-refractivity contribution >= 4 is 0 Å². The van der Waals surface area contributed by atoms with Crippen LogP contribution in [0.2, 0.25) is 0 Å². The highest BCUT2D eigenvalue weighted by Gasteiger charge is 2.41. The van der Waals surface area contributed by atoms with Gasteiger partial charge in [-0.1, -0.05) is 0 Å². The van der Waals surface area contributed by atoms with E-state index in [1.165, 1.54) is 65.3 Å². The molecule has 0 aromatic carbocycles. The topological polar surface area (TPSA) is 13.0 Å². The zero-order chi connectivity index (χ0) is 15.7. The molecule has 4 heteroatoms. The first-order valence-corrected chi connectivity index (χ1v) is 9.49. The molecular weight excluding hydrogens is 272 g/mol. The van der Waals surface area contributed by atoms with Crippen LogP contribution in [0.5, 0.6) is 0 Å². The molecule has 3 aliphatic heterocycles. The molecule has 2 atom stereocenters. The molecule has 0 aliphatic carbocycles. The van der Waals surface area contributed by atoms with Crippen molar-refractivity contribution in [2.45, 2.75) is 52.2 Å². The summed E-state index contributed by atoms with van der Waals surface area (Å²) in [5, 5.41) is 0. The zero-order valence-corrected chi connectivity index (χ0v) is 15.2. The van der Waals surface area contributed by atoms with Crippen LogP contribution in [-0.2, 0) is 0 Å². The van der Waals surface area contributed by atoms with Gasteiger partial charge < -0.3 is 4.90 Å². The third-order valence-electron chi connectivity index (χ3n) is 6.20. The maximum atomic E-state index is 2.74. The van der Waals surface area contributed by atoms with Gasteiger partial charge in [-0.15, -0.1) is 0 Å². The molecule has 3 aliphatic rings. The summed E-state index contributed by atoms with van der Waals surface area (Å²) in [6, 6.07) is 2.28. The van der Waals surface area contributed by atoms with E-state index >= 15 is 0 Å². The van der Waals surface area contributed by atoms with Gasteiger partial charge in [0.1, 0.15) is 0 Å². The number of likely N-dealkylation sites (tertiary alicyclic amines) is 2. The molecule has 0 aromatic heterocycles. The van der Waals surface area contributed by atoms with E-state index < -0.39 is 0 Å². The quantitative estimate of drug-likeness (QED) is 0.762. The summed E-state index contributed by atoms with van der Waals surface area (Å²) in [7, 11) is 0. The molecule has 2 unspecified atom stereocenters. The summed E-state index contributed by atoms with van der Waals surface area (Å²) in [5.74, 6) is 0.945. The first kappa shape index (κ1) is 16.7. The minimum atomic E-state index is 0.710. The van der Waals surface area contributed by atoms with Gasteiger partial charge >= 0.3 is 0 Å². The molecule has 3 saturated heterocycles. The third-order valence-corrected chi connectivity index (χ3v) is 6.20. The van der Waals surface area contributed by atoms with Gasteiger partial charge in [0.05, 0.1) is 0 Å². The monoisotopic (exact) mass is 308 g/mol. The molecule has 0 N–H and O–H groups in total. The van der Waals surface area contributed by atoms with Gasteiger partial charge in [0, 0.05) is 70.5 Å². The SMILES string of the molecule is CC(C)N1CCN(CCN2CC3CCN(C(C)C)C3C2)CC1. The van der Waals surface area contributed by atoms with Crippen LogP contribution in [0.15, 0.2) is 0 Å². The van der Waals surface area contributed by atoms with Gasteiger partial charge in [-0.25, -0.2) is 0 Å². The Hall–Kier alpha value is -0.160. The van der Waals surface area contributed by atoms with E-state index in [9.17, 15) is 0 Å². The van der Waals surface area contributed by atoms with Gasteiger partial charge in [0.15, 0.2) is 0 Å². The number of piperazine rings is 1. The summed E-state index contributed by atoms with van der Waals surface area (Å²) in [4.78, 5) is 10.8. The molecule has 22 heavy (non-hydrogen) atoms. The lowest BCUT2D eigenvalue weighted by Gasteiger charge is -2.37. The number of hydrogen-bond acceptors (Lipinski definition) is 4. The summed E-state index contributed by atoms with van der Waals surface area (Å²) >= 11 is 0. The standard InChI is InChI=1S/C18H36N4/c1-15(2)21-11-9-19(10-12-21)7-8-20-13-17-5-6-22(16(3)4)18(17)14-20/h15-18H,5-14H2,1-4H3. The molecular formula is C18H36N4. The predicted molar refractivity (Wildman–Crippen MR) is 93.3 cm³/mol. The van der Waals surface area contributed by atoms with E-state index in [-0.39, 0.29) is 0 Å². The van der Waals surface area contributed by atoms with Crippen LogP contribution < -0.4 is 0 Å². The number of rotatable bonds is 5. The van der Waals surface area contributed by atoms with Crippen molar-refractivity contribution in [3.63, 3.8) is 0 Å². The van der Waals surface area contributed by atoms with Crippen molar-refractivity contribution in [3.05, 3.63) is 0 Å². The molecule has 0 amide bonds. The molecule has 0 radical (unpaired) electrons. The van der Waals surface area contributed by atoms with E-state index in [1.54, 1.807) is 0 Å². The highest BCUT2D eigenvalue weighted by atomic mass is 15.3. The average Bonchev–Trinajstić information content (AvgIpc) is 3.04. The molecule has 0 aromatic rings. The van der Waals surface area contributed by atoms with Gasteiger partial charge in [0.25, 0.3) is 0 Å². The summed E-state index contributed by atoms with van der Waals surface area (Å²) in [6.07, 6.45) is 1.42. The summed E-state index contributed by atoms with van der Waals surface area (Å²) in [6.45, 7) is 20.9. The van der Waals surface area contributed by atoms with Crippen LogP contribution >= 0.6 is 0 Å².